The number of carbonyl (C=O) groups excluding carboxylic acids is 1. The molecule has 0 atom stereocenters. The third-order valence-electron chi connectivity index (χ3n) is 5.57. The van der Waals surface area contributed by atoms with E-state index in [1.165, 1.54) is 12.5 Å². The maximum absolute atomic E-state index is 12.5. The van der Waals surface area contributed by atoms with Crippen LogP contribution in [0.2, 0.25) is 0 Å². The molecule has 0 unspecified atom stereocenters. The van der Waals surface area contributed by atoms with Gasteiger partial charge in [0.15, 0.2) is 17.3 Å². The molecule has 4 rings (SSSR count). The first-order chi connectivity index (χ1) is 16.2. The zero-order chi connectivity index (χ0) is 23.0. The van der Waals surface area contributed by atoms with Crippen LogP contribution in [0.4, 0.5) is 5.69 Å². The largest absolute Gasteiger partial charge is 0.493 e. The summed E-state index contributed by atoms with van der Waals surface area (Å²) in [5, 5.41) is 11.7. The van der Waals surface area contributed by atoms with Crippen LogP contribution in [-0.2, 0) is 17.8 Å². The summed E-state index contributed by atoms with van der Waals surface area (Å²) in [4.78, 5) is 12.5. The van der Waals surface area contributed by atoms with E-state index in [9.17, 15) is 4.79 Å². The lowest BCUT2D eigenvalue weighted by Crippen LogP contribution is -2.08. The number of anilines is 1. The first-order valence-corrected chi connectivity index (χ1v) is 11.5. The number of methoxy groups -OCH3 is 1. The molecule has 33 heavy (non-hydrogen) atoms. The van der Waals surface area contributed by atoms with E-state index in [1.54, 1.807) is 13.2 Å². The first kappa shape index (κ1) is 22.6. The summed E-state index contributed by atoms with van der Waals surface area (Å²) in [5.41, 5.74) is 2.52. The number of fused-ring (bicyclic) bond motifs is 1. The standard InChI is InChI=1S/C26H30N4O3/c1-3-16-33-22-13-11-19(17-23(22)32-2)12-14-25(31)27-21-9-7-8-20(18-21)26-29-28-24-10-5-4-6-15-30(24)26/h7-9,11-14,17-18H,3-6,10,15-16H2,1-2H3,(H,27,31). The van der Waals surface area contributed by atoms with Crippen LogP contribution < -0.4 is 14.8 Å². The number of aromatic nitrogens is 3. The van der Waals surface area contributed by atoms with Gasteiger partial charge < -0.3 is 19.4 Å². The topological polar surface area (TPSA) is 78.3 Å². The molecule has 1 aliphatic heterocycles. The van der Waals surface area contributed by atoms with Gasteiger partial charge in [0.05, 0.1) is 13.7 Å². The van der Waals surface area contributed by atoms with E-state index in [0.717, 1.165) is 55.0 Å². The summed E-state index contributed by atoms with van der Waals surface area (Å²) < 4.78 is 13.3. The Bertz CT molecular complexity index is 1140. The number of carbonyl (C=O) groups is 1. The maximum atomic E-state index is 12.5. The van der Waals surface area contributed by atoms with Crippen LogP contribution in [0.1, 0.15) is 44.0 Å². The van der Waals surface area contributed by atoms with Crippen molar-refractivity contribution in [1.82, 2.24) is 14.8 Å². The van der Waals surface area contributed by atoms with E-state index in [0.29, 0.717) is 23.8 Å². The Labute approximate surface area is 194 Å². The zero-order valence-corrected chi connectivity index (χ0v) is 19.2. The normalized spacial score (nSPS) is 13.4. The molecule has 0 bridgehead atoms. The molecule has 3 aromatic rings. The molecule has 0 spiro atoms. The van der Waals surface area contributed by atoms with E-state index in [-0.39, 0.29) is 5.91 Å². The van der Waals surface area contributed by atoms with Crippen molar-refractivity contribution >= 4 is 17.7 Å². The smallest absolute Gasteiger partial charge is 0.248 e. The highest BCUT2D eigenvalue weighted by Gasteiger charge is 2.16. The molecule has 0 radical (unpaired) electrons. The minimum Gasteiger partial charge on any atom is -0.493 e. The highest BCUT2D eigenvalue weighted by atomic mass is 16.5. The Balaban J connectivity index is 1.44. The highest BCUT2D eigenvalue weighted by Crippen LogP contribution is 2.29. The van der Waals surface area contributed by atoms with Gasteiger partial charge in [0.1, 0.15) is 5.82 Å². The summed E-state index contributed by atoms with van der Waals surface area (Å²) in [7, 11) is 1.61. The molecule has 2 aromatic carbocycles. The number of nitrogens with zero attached hydrogens (tertiary/aromatic N) is 3. The van der Waals surface area contributed by atoms with Crippen LogP contribution >= 0.6 is 0 Å². The molecule has 1 N–H and O–H groups in total. The predicted molar refractivity (Wildman–Crippen MR) is 129 cm³/mol. The number of benzene rings is 2. The molecular weight excluding hydrogens is 416 g/mol. The van der Waals surface area contributed by atoms with Gasteiger partial charge in [-0.05, 0) is 55.2 Å². The molecule has 7 nitrogen and oxygen atoms in total. The second kappa shape index (κ2) is 10.8. The van der Waals surface area contributed by atoms with Gasteiger partial charge in [-0.2, -0.15) is 0 Å². The Morgan fingerprint density at radius 3 is 2.88 bits per heavy atom. The average Bonchev–Trinajstić information content (AvgIpc) is 3.10. The van der Waals surface area contributed by atoms with Crippen LogP contribution in [0.15, 0.2) is 48.5 Å². The number of rotatable bonds is 8. The van der Waals surface area contributed by atoms with Crippen molar-refractivity contribution < 1.29 is 14.3 Å². The summed E-state index contributed by atoms with van der Waals surface area (Å²) in [5.74, 6) is 3.03. The minimum absolute atomic E-state index is 0.211. The number of aryl methyl sites for hydroxylation is 1. The Morgan fingerprint density at radius 1 is 1.12 bits per heavy atom. The lowest BCUT2D eigenvalue weighted by atomic mass is 10.1. The van der Waals surface area contributed by atoms with E-state index < -0.39 is 0 Å². The highest BCUT2D eigenvalue weighted by molar-refractivity contribution is 6.02. The van der Waals surface area contributed by atoms with Crippen LogP contribution in [0, 0.1) is 0 Å². The van der Waals surface area contributed by atoms with Crippen LogP contribution in [-0.4, -0.2) is 34.4 Å². The van der Waals surface area contributed by atoms with Gasteiger partial charge in [0.25, 0.3) is 0 Å². The van der Waals surface area contributed by atoms with E-state index in [2.05, 4.69) is 27.0 Å². The van der Waals surface area contributed by atoms with Gasteiger partial charge in [-0.15, -0.1) is 10.2 Å². The third-order valence-corrected chi connectivity index (χ3v) is 5.57. The van der Waals surface area contributed by atoms with Gasteiger partial charge in [-0.1, -0.05) is 31.5 Å². The number of hydrogen-bond acceptors (Lipinski definition) is 5. The fourth-order valence-corrected chi connectivity index (χ4v) is 3.91. The molecule has 0 aliphatic carbocycles. The summed E-state index contributed by atoms with van der Waals surface area (Å²) in [6.45, 7) is 3.62. The van der Waals surface area contributed by atoms with Crippen molar-refractivity contribution in [1.29, 1.82) is 0 Å². The molecule has 7 heteroatoms. The van der Waals surface area contributed by atoms with Crippen molar-refractivity contribution in [3.05, 3.63) is 59.9 Å². The summed E-state index contributed by atoms with van der Waals surface area (Å²) in [6, 6.07) is 13.3. The quantitative estimate of drug-likeness (QED) is 0.486. The molecular formula is C26H30N4O3. The molecule has 0 fully saturated rings. The van der Waals surface area contributed by atoms with Gasteiger partial charge in [-0.25, -0.2) is 0 Å². The fraction of sp³-hybridized carbons (Fsp3) is 0.346. The van der Waals surface area contributed by atoms with Crippen molar-refractivity contribution in [3.8, 4) is 22.9 Å². The molecule has 2 heterocycles. The number of hydrogen-bond donors (Lipinski definition) is 1. The monoisotopic (exact) mass is 446 g/mol. The van der Waals surface area contributed by atoms with Crippen molar-refractivity contribution in [2.45, 2.75) is 45.6 Å². The molecule has 172 valence electrons. The fourth-order valence-electron chi connectivity index (χ4n) is 3.91. The molecule has 1 aliphatic rings. The summed E-state index contributed by atoms with van der Waals surface area (Å²) in [6.07, 6.45) is 8.65. The Hall–Kier alpha value is -3.61. The van der Waals surface area contributed by atoms with E-state index in [1.807, 2.05) is 42.5 Å². The van der Waals surface area contributed by atoms with Crippen LogP contribution in [0.25, 0.3) is 17.5 Å². The Kier molecular flexibility index (Phi) is 7.40. The predicted octanol–water partition coefficient (Wildman–Crippen LogP) is 5.12. The van der Waals surface area contributed by atoms with Gasteiger partial charge in [-0.3, -0.25) is 4.79 Å². The van der Waals surface area contributed by atoms with E-state index in [4.69, 9.17) is 9.47 Å². The molecule has 0 saturated carbocycles. The first-order valence-electron chi connectivity index (χ1n) is 11.5. The van der Waals surface area contributed by atoms with Crippen LogP contribution in [0.5, 0.6) is 11.5 Å². The van der Waals surface area contributed by atoms with Crippen molar-refractivity contribution in [3.63, 3.8) is 0 Å². The lowest BCUT2D eigenvalue weighted by Gasteiger charge is -2.10. The van der Waals surface area contributed by atoms with Gasteiger partial charge in [0, 0.05) is 30.3 Å². The minimum atomic E-state index is -0.211. The number of nitrogens with one attached hydrogen (secondary N) is 1. The Morgan fingerprint density at radius 2 is 2.03 bits per heavy atom. The van der Waals surface area contributed by atoms with Gasteiger partial charge in [0.2, 0.25) is 5.91 Å². The van der Waals surface area contributed by atoms with Crippen molar-refractivity contribution in [2.24, 2.45) is 0 Å². The SMILES string of the molecule is CCCOc1ccc(C=CC(=O)Nc2cccc(-c3nnc4n3CCCCC4)c2)cc1OC. The van der Waals surface area contributed by atoms with Crippen molar-refractivity contribution in [2.75, 3.05) is 19.0 Å². The van der Waals surface area contributed by atoms with E-state index >= 15 is 0 Å². The second-order valence-corrected chi connectivity index (χ2v) is 8.06. The van der Waals surface area contributed by atoms with Gasteiger partial charge >= 0.3 is 0 Å². The maximum Gasteiger partial charge on any atom is 0.248 e. The van der Waals surface area contributed by atoms with Crippen LogP contribution in [0.3, 0.4) is 0 Å². The molecule has 1 aromatic heterocycles. The molecule has 0 saturated heterocycles. The average molecular weight is 447 g/mol. The summed E-state index contributed by atoms with van der Waals surface area (Å²) >= 11 is 0. The second-order valence-electron chi connectivity index (χ2n) is 8.06. The third kappa shape index (κ3) is 5.61. The number of amides is 1. The number of ether oxygens (including phenoxy) is 2. The zero-order valence-electron chi connectivity index (χ0n) is 19.2. The molecule has 1 amide bonds. The lowest BCUT2D eigenvalue weighted by molar-refractivity contribution is -0.111.